The lowest BCUT2D eigenvalue weighted by atomic mass is 9.77. The largest absolute Gasteiger partial charge is 0.325 e. The van der Waals surface area contributed by atoms with Crippen LogP contribution in [0.25, 0.3) is 0 Å². The van der Waals surface area contributed by atoms with Crippen molar-refractivity contribution in [3.05, 3.63) is 29.8 Å². The van der Waals surface area contributed by atoms with Crippen LogP contribution < -0.4 is 10.6 Å². The van der Waals surface area contributed by atoms with Crippen molar-refractivity contribution >= 4 is 23.5 Å². The fourth-order valence-corrected chi connectivity index (χ4v) is 3.48. The van der Waals surface area contributed by atoms with Gasteiger partial charge < -0.3 is 10.6 Å². The molecule has 1 heterocycles. The Kier molecular flexibility index (Phi) is 4.30. The zero-order chi connectivity index (χ0) is 17.3. The molecule has 1 aliphatic heterocycles. The number of hydrogen-bond acceptors (Lipinski definition) is 3. The summed E-state index contributed by atoms with van der Waals surface area (Å²) in [5, 5.41) is 5.56. The molecule has 24 heavy (non-hydrogen) atoms. The van der Waals surface area contributed by atoms with E-state index in [1.54, 1.807) is 6.07 Å². The summed E-state index contributed by atoms with van der Waals surface area (Å²) in [5.41, 5.74) is 0.888. The normalized spacial score (nSPS) is 26.6. The molecule has 1 saturated carbocycles. The van der Waals surface area contributed by atoms with E-state index in [0.29, 0.717) is 24.4 Å². The van der Waals surface area contributed by atoms with Crippen LogP contribution >= 0.6 is 0 Å². The Labute approximate surface area is 141 Å². The summed E-state index contributed by atoms with van der Waals surface area (Å²) < 4.78 is 0. The molecule has 0 aromatic heterocycles. The lowest BCUT2D eigenvalue weighted by Crippen LogP contribution is -2.49. The third-order valence-corrected chi connectivity index (χ3v) is 4.98. The van der Waals surface area contributed by atoms with Gasteiger partial charge in [-0.2, -0.15) is 0 Å². The topological polar surface area (TPSA) is 78.5 Å². The first-order valence-electron chi connectivity index (χ1n) is 8.40. The highest BCUT2D eigenvalue weighted by Crippen LogP contribution is 2.36. The lowest BCUT2D eigenvalue weighted by molar-refractivity contribution is -0.135. The van der Waals surface area contributed by atoms with Gasteiger partial charge in [-0.15, -0.1) is 0 Å². The molecule has 2 fully saturated rings. The van der Waals surface area contributed by atoms with Gasteiger partial charge in [0.15, 0.2) is 0 Å². The molecule has 1 spiro atoms. The highest BCUT2D eigenvalue weighted by atomic mass is 16.2. The fraction of sp³-hybridized carbons (Fsp3) is 0.500. The first-order valence-corrected chi connectivity index (χ1v) is 8.40. The third kappa shape index (κ3) is 3.13. The molecule has 6 heteroatoms. The van der Waals surface area contributed by atoms with E-state index in [9.17, 15) is 14.4 Å². The predicted octanol–water partition coefficient (Wildman–Crippen LogP) is 2.43. The van der Waals surface area contributed by atoms with E-state index < -0.39 is 11.6 Å². The van der Waals surface area contributed by atoms with E-state index in [1.807, 2.05) is 25.1 Å². The zero-order valence-electron chi connectivity index (χ0n) is 14.1. The molecule has 128 valence electrons. The monoisotopic (exact) mass is 329 g/mol. The molecule has 2 N–H and O–H groups in total. The Balaban J connectivity index is 1.65. The molecule has 1 aromatic carbocycles. The van der Waals surface area contributed by atoms with E-state index in [-0.39, 0.29) is 18.4 Å². The molecule has 0 unspecified atom stereocenters. The second kappa shape index (κ2) is 6.26. The van der Waals surface area contributed by atoms with Gasteiger partial charge in [-0.05, 0) is 56.2 Å². The minimum absolute atomic E-state index is 0.254. The van der Waals surface area contributed by atoms with Crippen molar-refractivity contribution in [2.24, 2.45) is 5.92 Å². The fourth-order valence-electron chi connectivity index (χ4n) is 3.48. The van der Waals surface area contributed by atoms with Crippen molar-refractivity contribution in [2.45, 2.75) is 45.1 Å². The molecule has 1 aromatic rings. The number of benzene rings is 1. The van der Waals surface area contributed by atoms with Crippen molar-refractivity contribution in [3.8, 4) is 0 Å². The maximum Gasteiger partial charge on any atom is 0.325 e. The van der Waals surface area contributed by atoms with Crippen molar-refractivity contribution in [3.63, 3.8) is 0 Å². The zero-order valence-corrected chi connectivity index (χ0v) is 14.1. The van der Waals surface area contributed by atoms with Gasteiger partial charge in [0.2, 0.25) is 5.91 Å². The Bertz CT molecular complexity index is 678. The van der Waals surface area contributed by atoms with Gasteiger partial charge in [0.05, 0.1) is 0 Å². The number of carbonyl (C=O) groups is 3. The summed E-state index contributed by atoms with van der Waals surface area (Å²) in [4.78, 5) is 38.2. The molecular weight excluding hydrogens is 306 g/mol. The van der Waals surface area contributed by atoms with Crippen LogP contribution in [0.4, 0.5) is 10.5 Å². The predicted molar refractivity (Wildman–Crippen MR) is 90.4 cm³/mol. The summed E-state index contributed by atoms with van der Waals surface area (Å²) >= 11 is 0. The Hall–Kier alpha value is -2.37. The molecule has 1 saturated heterocycles. The van der Waals surface area contributed by atoms with Crippen LogP contribution in [0, 0.1) is 12.8 Å². The first kappa shape index (κ1) is 16.5. The Morgan fingerprint density at radius 2 is 2.04 bits per heavy atom. The second-order valence-electron chi connectivity index (χ2n) is 7.00. The van der Waals surface area contributed by atoms with Gasteiger partial charge in [-0.1, -0.05) is 19.1 Å². The van der Waals surface area contributed by atoms with Crippen molar-refractivity contribution in [2.75, 3.05) is 11.9 Å². The number of nitrogens with one attached hydrogen (secondary N) is 2. The molecule has 4 amide bonds. The standard InChI is InChI=1S/C18H23N3O3/c1-12-6-8-18(9-7-12)16(23)21(17(24)20-18)11-15(22)19-14-5-3-4-13(2)10-14/h3-5,10,12H,6-9,11H2,1-2H3,(H,19,22)(H,20,24). The van der Waals surface area contributed by atoms with Crippen molar-refractivity contribution < 1.29 is 14.4 Å². The minimum atomic E-state index is -0.798. The highest BCUT2D eigenvalue weighted by molar-refractivity contribution is 6.10. The van der Waals surface area contributed by atoms with Crippen LogP contribution in [-0.2, 0) is 9.59 Å². The molecule has 0 radical (unpaired) electrons. The molecule has 1 aliphatic carbocycles. The van der Waals surface area contributed by atoms with Crippen LogP contribution in [-0.4, -0.2) is 34.8 Å². The molecular formula is C18H23N3O3. The molecule has 0 atom stereocenters. The number of anilines is 1. The maximum atomic E-state index is 12.7. The molecule has 6 nitrogen and oxygen atoms in total. The van der Waals surface area contributed by atoms with E-state index in [0.717, 1.165) is 23.3 Å². The van der Waals surface area contributed by atoms with E-state index in [1.165, 1.54) is 0 Å². The third-order valence-electron chi connectivity index (χ3n) is 4.98. The Morgan fingerprint density at radius 1 is 1.33 bits per heavy atom. The van der Waals surface area contributed by atoms with Gasteiger partial charge in [0, 0.05) is 5.69 Å². The van der Waals surface area contributed by atoms with Gasteiger partial charge in [-0.3, -0.25) is 14.5 Å². The SMILES string of the molecule is Cc1cccc(NC(=O)CN2C(=O)NC3(CCC(C)CC3)C2=O)c1. The van der Waals surface area contributed by atoms with Crippen LogP contribution in [0.15, 0.2) is 24.3 Å². The molecule has 2 aliphatic rings. The highest BCUT2D eigenvalue weighted by Gasteiger charge is 2.52. The van der Waals surface area contributed by atoms with Gasteiger partial charge in [0.1, 0.15) is 12.1 Å². The maximum absolute atomic E-state index is 12.7. The summed E-state index contributed by atoms with van der Waals surface area (Å²) in [6.45, 7) is 3.83. The van der Waals surface area contributed by atoms with E-state index >= 15 is 0 Å². The average Bonchev–Trinajstić information content (AvgIpc) is 2.75. The number of imide groups is 1. The number of carbonyl (C=O) groups excluding carboxylic acids is 3. The molecule has 0 bridgehead atoms. The van der Waals surface area contributed by atoms with Crippen LogP contribution in [0.2, 0.25) is 0 Å². The van der Waals surface area contributed by atoms with Crippen LogP contribution in [0.3, 0.4) is 0 Å². The number of rotatable bonds is 3. The number of hydrogen-bond donors (Lipinski definition) is 2. The lowest BCUT2D eigenvalue weighted by Gasteiger charge is -2.33. The number of urea groups is 1. The average molecular weight is 329 g/mol. The summed E-state index contributed by atoms with van der Waals surface area (Å²) in [6.07, 6.45) is 3.12. The second-order valence-corrected chi connectivity index (χ2v) is 7.00. The van der Waals surface area contributed by atoms with Gasteiger partial charge in [0.25, 0.3) is 5.91 Å². The van der Waals surface area contributed by atoms with E-state index in [4.69, 9.17) is 0 Å². The van der Waals surface area contributed by atoms with Crippen LogP contribution in [0.1, 0.15) is 38.2 Å². The van der Waals surface area contributed by atoms with Crippen molar-refractivity contribution in [1.82, 2.24) is 10.2 Å². The summed E-state index contributed by atoms with van der Waals surface area (Å²) in [5.74, 6) is -0.0666. The molecule has 3 rings (SSSR count). The van der Waals surface area contributed by atoms with Crippen LogP contribution in [0.5, 0.6) is 0 Å². The summed E-state index contributed by atoms with van der Waals surface area (Å²) in [7, 11) is 0. The number of nitrogens with zero attached hydrogens (tertiary/aromatic N) is 1. The van der Waals surface area contributed by atoms with E-state index in [2.05, 4.69) is 17.6 Å². The van der Waals surface area contributed by atoms with Gasteiger partial charge in [-0.25, -0.2) is 4.79 Å². The smallest absolute Gasteiger partial charge is 0.325 e. The van der Waals surface area contributed by atoms with Gasteiger partial charge >= 0.3 is 6.03 Å². The summed E-state index contributed by atoms with van der Waals surface area (Å²) in [6, 6.07) is 6.93. The first-order chi connectivity index (χ1) is 11.4. The number of amides is 4. The Morgan fingerprint density at radius 3 is 2.71 bits per heavy atom. The quantitative estimate of drug-likeness (QED) is 0.836. The minimum Gasteiger partial charge on any atom is -0.325 e. The number of aryl methyl sites for hydroxylation is 1. The van der Waals surface area contributed by atoms with Crippen molar-refractivity contribution in [1.29, 1.82) is 0 Å².